The smallest absolute Gasteiger partial charge is 0.255 e. The zero-order valence-electron chi connectivity index (χ0n) is 10.6. The third-order valence-corrected chi connectivity index (χ3v) is 3.16. The van der Waals surface area contributed by atoms with Crippen molar-refractivity contribution in [1.82, 2.24) is 5.32 Å². The van der Waals surface area contributed by atoms with E-state index in [-0.39, 0.29) is 5.91 Å². The second kappa shape index (κ2) is 5.76. The number of anilines is 1. The van der Waals surface area contributed by atoms with Crippen LogP contribution in [0.4, 0.5) is 5.69 Å². The monoisotopic (exact) mass is 274 g/mol. The van der Waals surface area contributed by atoms with Gasteiger partial charge in [0, 0.05) is 12.2 Å². The van der Waals surface area contributed by atoms with E-state index in [1.807, 2.05) is 31.2 Å². The first-order chi connectivity index (χ1) is 9.08. The second-order valence-electron chi connectivity index (χ2n) is 4.37. The first-order valence-electron chi connectivity index (χ1n) is 5.95. The standard InChI is InChI=1S/C15H15ClN2O/c1-10-5-7-11(8-6-10)9-18-15(19)14-12(16)3-2-4-13(14)17/h2-8H,9,17H2,1H3,(H,18,19). The molecule has 0 aromatic heterocycles. The number of nitrogens with two attached hydrogens (primary N) is 1. The summed E-state index contributed by atoms with van der Waals surface area (Å²) < 4.78 is 0. The molecule has 3 N–H and O–H groups in total. The molecule has 98 valence electrons. The Labute approximate surface area is 117 Å². The van der Waals surface area contributed by atoms with Crippen LogP contribution in [0, 0.1) is 6.92 Å². The van der Waals surface area contributed by atoms with Gasteiger partial charge in [0.05, 0.1) is 10.6 Å². The van der Waals surface area contributed by atoms with Crippen LogP contribution < -0.4 is 11.1 Å². The molecule has 2 aromatic carbocycles. The lowest BCUT2D eigenvalue weighted by Crippen LogP contribution is -2.24. The highest BCUT2D eigenvalue weighted by atomic mass is 35.5. The van der Waals surface area contributed by atoms with E-state index in [4.69, 9.17) is 17.3 Å². The van der Waals surface area contributed by atoms with Gasteiger partial charge < -0.3 is 11.1 Å². The van der Waals surface area contributed by atoms with Crippen molar-refractivity contribution in [1.29, 1.82) is 0 Å². The fourth-order valence-electron chi connectivity index (χ4n) is 1.76. The van der Waals surface area contributed by atoms with Crippen LogP contribution in [0.3, 0.4) is 0 Å². The summed E-state index contributed by atoms with van der Waals surface area (Å²) in [5.74, 6) is -0.260. The molecule has 0 fully saturated rings. The number of benzene rings is 2. The van der Waals surface area contributed by atoms with Gasteiger partial charge in [0.25, 0.3) is 5.91 Å². The molecule has 0 spiro atoms. The van der Waals surface area contributed by atoms with Gasteiger partial charge in [-0.1, -0.05) is 47.5 Å². The maximum Gasteiger partial charge on any atom is 0.255 e. The van der Waals surface area contributed by atoms with Gasteiger partial charge in [-0.25, -0.2) is 0 Å². The van der Waals surface area contributed by atoms with Crippen LogP contribution >= 0.6 is 11.6 Å². The average Bonchev–Trinajstić information content (AvgIpc) is 2.38. The summed E-state index contributed by atoms with van der Waals surface area (Å²) in [5, 5.41) is 3.18. The topological polar surface area (TPSA) is 55.1 Å². The normalized spacial score (nSPS) is 10.2. The minimum Gasteiger partial charge on any atom is -0.398 e. The van der Waals surface area contributed by atoms with Crippen molar-refractivity contribution in [3.63, 3.8) is 0 Å². The Morgan fingerprint density at radius 3 is 2.53 bits per heavy atom. The number of carbonyl (C=O) groups excluding carboxylic acids is 1. The van der Waals surface area contributed by atoms with Crippen LogP contribution in [0.2, 0.25) is 5.02 Å². The molecule has 2 aromatic rings. The zero-order chi connectivity index (χ0) is 13.8. The number of halogens is 1. The van der Waals surface area contributed by atoms with Crippen LogP contribution in [0.1, 0.15) is 21.5 Å². The third-order valence-electron chi connectivity index (χ3n) is 2.85. The molecule has 0 radical (unpaired) electrons. The second-order valence-corrected chi connectivity index (χ2v) is 4.78. The van der Waals surface area contributed by atoms with Crippen LogP contribution in [0.5, 0.6) is 0 Å². The Hall–Kier alpha value is -2.00. The fraction of sp³-hybridized carbons (Fsp3) is 0.133. The number of rotatable bonds is 3. The summed E-state index contributed by atoms with van der Waals surface area (Å²) in [7, 11) is 0. The lowest BCUT2D eigenvalue weighted by Gasteiger charge is -2.09. The Morgan fingerprint density at radius 2 is 1.89 bits per heavy atom. The first-order valence-corrected chi connectivity index (χ1v) is 6.33. The number of carbonyl (C=O) groups is 1. The number of hydrogen-bond donors (Lipinski definition) is 2. The van der Waals surface area contributed by atoms with Gasteiger partial charge in [0.2, 0.25) is 0 Å². The Bertz CT molecular complexity index is 573. The first kappa shape index (κ1) is 13.4. The number of amides is 1. The lowest BCUT2D eigenvalue weighted by molar-refractivity contribution is 0.0952. The number of nitrogens with one attached hydrogen (secondary N) is 1. The molecule has 1 amide bonds. The van der Waals surface area contributed by atoms with Crippen molar-refractivity contribution in [3.05, 3.63) is 64.2 Å². The number of nitrogen functional groups attached to an aromatic ring is 1. The van der Waals surface area contributed by atoms with Crippen LogP contribution in [0.25, 0.3) is 0 Å². The molecule has 0 aliphatic carbocycles. The summed E-state index contributed by atoms with van der Waals surface area (Å²) in [6.07, 6.45) is 0. The van der Waals surface area contributed by atoms with E-state index in [1.165, 1.54) is 5.56 Å². The molecule has 0 bridgehead atoms. The molecule has 0 saturated heterocycles. The zero-order valence-corrected chi connectivity index (χ0v) is 11.4. The van der Waals surface area contributed by atoms with Crippen LogP contribution in [-0.2, 0) is 6.54 Å². The average molecular weight is 275 g/mol. The molecule has 0 unspecified atom stereocenters. The SMILES string of the molecule is Cc1ccc(CNC(=O)c2c(N)cccc2Cl)cc1. The molecule has 19 heavy (non-hydrogen) atoms. The highest BCUT2D eigenvalue weighted by Crippen LogP contribution is 2.21. The predicted molar refractivity (Wildman–Crippen MR) is 78.2 cm³/mol. The van der Waals surface area contributed by atoms with E-state index in [2.05, 4.69) is 5.32 Å². The lowest BCUT2D eigenvalue weighted by atomic mass is 10.1. The minimum absolute atomic E-state index is 0.260. The van der Waals surface area contributed by atoms with Crippen molar-refractivity contribution in [2.45, 2.75) is 13.5 Å². The highest BCUT2D eigenvalue weighted by Gasteiger charge is 2.13. The van der Waals surface area contributed by atoms with E-state index in [0.717, 1.165) is 5.56 Å². The number of hydrogen-bond acceptors (Lipinski definition) is 2. The summed E-state index contributed by atoms with van der Waals surface area (Å²) in [6, 6.07) is 13.0. The van der Waals surface area contributed by atoms with Gasteiger partial charge in [-0.05, 0) is 24.6 Å². The minimum atomic E-state index is -0.260. The molecule has 4 heteroatoms. The Morgan fingerprint density at radius 1 is 1.21 bits per heavy atom. The van der Waals surface area contributed by atoms with E-state index in [1.54, 1.807) is 18.2 Å². The molecular weight excluding hydrogens is 260 g/mol. The molecule has 0 heterocycles. The largest absolute Gasteiger partial charge is 0.398 e. The van der Waals surface area contributed by atoms with Gasteiger partial charge in [-0.3, -0.25) is 4.79 Å². The Balaban J connectivity index is 2.07. The summed E-state index contributed by atoms with van der Waals surface area (Å²) in [5.41, 5.74) is 8.70. The van der Waals surface area contributed by atoms with Crippen molar-refractivity contribution in [3.8, 4) is 0 Å². The van der Waals surface area contributed by atoms with E-state index >= 15 is 0 Å². The fourth-order valence-corrected chi connectivity index (χ4v) is 2.02. The molecule has 3 nitrogen and oxygen atoms in total. The van der Waals surface area contributed by atoms with Crippen molar-refractivity contribution in [2.75, 3.05) is 5.73 Å². The molecule has 0 saturated carbocycles. The van der Waals surface area contributed by atoms with Gasteiger partial charge >= 0.3 is 0 Å². The van der Waals surface area contributed by atoms with Crippen LogP contribution in [0.15, 0.2) is 42.5 Å². The predicted octanol–water partition coefficient (Wildman–Crippen LogP) is 3.16. The Kier molecular flexibility index (Phi) is 4.07. The van der Waals surface area contributed by atoms with E-state index < -0.39 is 0 Å². The van der Waals surface area contributed by atoms with Crippen molar-refractivity contribution < 1.29 is 4.79 Å². The molecule has 0 aliphatic heterocycles. The molecule has 2 rings (SSSR count). The van der Waals surface area contributed by atoms with Crippen molar-refractivity contribution >= 4 is 23.2 Å². The third kappa shape index (κ3) is 3.26. The van der Waals surface area contributed by atoms with Gasteiger partial charge in [0.1, 0.15) is 0 Å². The highest BCUT2D eigenvalue weighted by molar-refractivity contribution is 6.34. The molecule has 0 atom stereocenters. The quantitative estimate of drug-likeness (QED) is 0.845. The maximum atomic E-state index is 12.1. The van der Waals surface area contributed by atoms with Gasteiger partial charge in [0.15, 0.2) is 0 Å². The van der Waals surface area contributed by atoms with Crippen molar-refractivity contribution in [2.24, 2.45) is 0 Å². The van der Waals surface area contributed by atoms with Gasteiger partial charge in [-0.15, -0.1) is 0 Å². The van der Waals surface area contributed by atoms with E-state index in [0.29, 0.717) is 22.8 Å². The van der Waals surface area contributed by atoms with Gasteiger partial charge in [-0.2, -0.15) is 0 Å². The maximum absolute atomic E-state index is 12.1. The molecule has 0 aliphatic rings. The van der Waals surface area contributed by atoms with E-state index in [9.17, 15) is 4.79 Å². The summed E-state index contributed by atoms with van der Waals surface area (Å²) in [4.78, 5) is 12.1. The van der Waals surface area contributed by atoms with Crippen LogP contribution in [-0.4, -0.2) is 5.91 Å². The summed E-state index contributed by atoms with van der Waals surface area (Å²) in [6.45, 7) is 2.47. The summed E-state index contributed by atoms with van der Waals surface area (Å²) >= 11 is 5.99. The molecular formula is C15H15ClN2O. The number of aryl methyl sites for hydroxylation is 1.